The largest absolute Gasteiger partial charge is 0.472 e. The molecule has 0 bridgehead atoms. The fourth-order valence-electron chi connectivity index (χ4n) is 1.51. The van der Waals surface area contributed by atoms with Crippen LogP contribution in [0.25, 0.3) is 0 Å². The third-order valence-corrected chi connectivity index (χ3v) is 3.41. The first-order chi connectivity index (χ1) is 9.03. The molecule has 3 nitrogen and oxygen atoms in total. The minimum atomic E-state index is 0.119. The molecule has 0 saturated heterocycles. The number of pyridine rings is 1. The Morgan fingerprint density at radius 2 is 2.11 bits per heavy atom. The molecule has 0 atom stereocenters. The van der Waals surface area contributed by atoms with Crippen LogP contribution in [0.2, 0.25) is 0 Å². The summed E-state index contributed by atoms with van der Waals surface area (Å²) in [5, 5.41) is 5.48. The van der Waals surface area contributed by atoms with Crippen LogP contribution in [-0.2, 0) is 13.2 Å². The predicted octanol–water partition coefficient (Wildman–Crippen LogP) is 3.61. The van der Waals surface area contributed by atoms with Crippen molar-refractivity contribution in [2.75, 3.05) is 0 Å². The summed E-state index contributed by atoms with van der Waals surface area (Å²) in [7, 11) is 0. The fourth-order valence-corrected chi connectivity index (χ4v) is 2.12. The number of nitrogens with one attached hydrogen (secondary N) is 1. The Morgan fingerprint density at radius 3 is 2.68 bits per heavy atom. The normalized spacial score (nSPS) is 11.5. The van der Waals surface area contributed by atoms with Crippen molar-refractivity contribution in [2.24, 2.45) is 0 Å². The van der Waals surface area contributed by atoms with Crippen LogP contribution in [-0.4, -0.2) is 10.5 Å². The molecular formula is C15H20N2OS. The van der Waals surface area contributed by atoms with Crippen LogP contribution in [0.15, 0.2) is 35.8 Å². The summed E-state index contributed by atoms with van der Waals surface area (Å²) in [6, 6.07) is 8.06. The molecule has 102 valence electrons. The SMILES string of the molecule is CC(C)(C)NCc1ccc(OCc2cccs2)nc1. The molecule has 0 saturated carbocycles. The number of ether oxygens (including phenoxy) is 1. The average Bonchev–Trinajstić information content (AvgIpc) is 2.87. The van der Waals surface area contributed by atoms with Gasteiger partial charge in [-0.25, -0.2) is 4.98 Å². The van der Waals surface area contributed by atoms with Crippen molar-refractivity contribution in [1.29, 1.82) is 0 Å². The number of nitrogens with zero attached hydrogens (tertiary/aromatic N) is 1. The van der Waals surface area contributed by atoms with Gasteiger partial charge in [0.15, 0.2) is 0 Å². The van der Waals surface area contributed by atoms with Gasteiger partial charge in [0.05, 0.1) is 0 Å². The zero-order valence-electron chi connectivity index (χ0n) is 11.6. The number of hydrogen-bond acceptors (Lipinski definition) is 4. The van der Waals surface area contributed by atoms with E-state index in [-0.39, 0.29) is 5.54 Å². The minimum Gasteiger partial charge on any atom is -0.472 e. The number of rotatable bonds is 5. The molecule has 0 amide bonds. The number of aromatic nitrogens is 1. The van der Waals surface area contributed by atoms with E-state index in [1.54, 1.807) is 11.3 Å². The second-order valence-electron chi connectivity index (χ2n) is 5.48. The zero-order valence-corrected chi connectivity index (χ0v) is 12.5. The van der Waals surface area contributed by atoms with Crippen LogP contribution in [0.5, 0.6) is 5.88 Å². The molecule has 0 aliphatic heterocycles. The van der Waals surface area contributed by atoms with Crippen LogP contribution < -0.4 is 10.1 Å². The third kappa shape index (κ3) is 5.01. The van der Waals surface area contributed by atoms with Crippen LogP contribution in [0, 0.1) is 0 Å². The Morgan fingerprint density at radius 1 is 1.26 bits per heavy atom. The second kappa shape index (κ2) is 6.17. The fraction of sp³-hybridized carbons (Fsp3) is 0.400. The van der Waals surface area contributed by atoms with E-state index in [1.165, 1.54) is 10.4 Å². The number of hydrogen-bond donors (Lipinski definition) is 1. The highest BCUT2D eigenvalue weighted by molar-refractivity contribution is 7.09. The summed E-state index contributed by atoms with van der Waals surface area (Å²) < 4.78 is 5.63. The van der Waals surface area contributed by atoms with Gasteiger partial charge >= 0.3 is 0 Å². The molecule has 0 radical (unpaired) electrons. The quantitative estimate of drug-likeness (QED) is 0.906. The smallest absolute Gasteiger partial charge is 0.213 e. The molecule has 19 heavy (non-hydrogen) atoms. The van der Waals surface area contributed by atoms with Gasteiger partial charge in [-0.05, 0) is 37.8 Å². The Hall–Kier alpha value is -1.39. The molecule has 4 heteroatoms. The van der Waals surface area contributed by atoms with Crippen LogP contribution in [0.1, 0.15) is 31.2 Å². The summed E-state index contributed by atoms with van der Waals surface area (Å²) in [5.74, 6) is 0.674. The van der Waals surface area contributed by atoms with Crippen molar-refractivity contribution >= 4 is 11.3 Å². The highest BCUT2D eigenvalue weighted by atomic mass is 32.1. The van der Waals surface area contributed by atoms with Gasteiger partial charge < -0.3 is 10.1 Å². The van der Waals surface area contributed by atoms with Crippen molar-refractivity contribution < 1.29 is 4.74 Å². The molecule has 2 aromatic heterocycles. The van der Waals surface area contributed by atoms with Gasteiger partial charge in [0.2, 0.25) is 5.88 Å². The lowest BCUT2D eigenvalue weighted by molar-refractivity contribution is 0.297. The molecule has 2 heterocycles. The van der Waals surface area contributed by atoms with E-state index in [1.807, 2.05) is 23.7 Å². The van der Waals surface area contributed by atoms with Gasteiger partial charge in [0.1, 0.15) is 6.61 Å². The Kier molecular flexibility index (Phi) is 4.56. The van der Waals surface area contributed by atoms with Crippen LogP contribution >= 0.6 is 11.3 Å². The van der Waals surface area contributed by atoms with E-state index >= 15 is 0 Å². The monoisotopic (exact) mass is 276 g/mol. The third-order valence-electron chi connectivity index (χ3n) is 2.56. The topological polar surface area (TPSA) is 34.1 Å². The molecule has 0 aromatic carbocycles. The van der Waals surface area contributed by atoms with Gasteiger partial charge in [-0.3, -0.25) is 0 Å². The van der Waals surface area contributed by atoms with Crippen molar-refractivity contribution in [3.63, 3.8) is 0 Å². The summed E-state index contributed by atoms with van der Waals surface area (Å²) in [6.45, 7) is 7.86. The maximum Gasteiger partial charge on any atom is 0.213 e. The second-order valence-corrected chi connectivity index (χ2v) is 6.51. The first kappa shape index (κ1) is 14.0. The Balaban J connectivity index is 1.84. The van der Waals surface area contributed by atoms with Gasteiger partial charge in [0.25, 0.3) is 0 Å². The van der Waals surface area contributed by atoms with Crippen molar-refractivity contribution in [1.82, 2.24) is 10.3 Å². The van der Waals surface area contributed by atoms with E-state index in [2.05, 4.69) is 43.2 Å². The molecule has 0 aliphatic carbocycles. The van der Waals surface area contributed by atoms with Gasteiger partial charge in [-0.1, -0.05) is 12.1 Å². The zero-order chi connectivity index (χ0) is 13.7. The molecule has 2 aromatic rings. The maximum atomic E-state index is 5.63. The van der Waals surface area contributed by atoms with Crippen molar-refractivity contribution in [2.45, 2.75) is 39.5 Å². The molecule has 2 rings (SSSR count). The summed E-state index contributed by atoms with van der Waals surface area (Å²) >= 11 is 1.69. The summed E-state index contributed by atoms with van der Waals surface area (Å²) in [5.41, 5.74) is 1.28. The highest BCUT2D eigenvalue weighted by Crippen LogP contribution is 2.14. The molecule has 0 unspecified atom stereocenters. The summed E-state index contributed by atoms with van der Waals surface area (Å²) in [4.78, 5) is 5.53. The molecular weight excluding hydrogens is 256 g/mol. The van der Waals surface area contributed by atoms with Crippen LogP contribution in [0.3, 0.4) is 0 Å². The van der Waals surface area contributed by atoms with Crippen molar-refractivity contribution in [3.8, 4) is 5.88 Å². The molecule has 1 N–H and O–H groups in total. The Bertz CT molecular complexity index is 486. The first-order valence-electron chi connectivity index (χ1n) is 6.38. The average molecular weight is 276 g/mol. The standard InChI is InChI=1S/C15H20N2OS/c1-15(2,3)17-10-12-6-7-14(16-9-12)18-11-13-5-4-8-19-13/h4-9,17H,10-11H2,1-3H3. The predicted molar refractivity (Wildman–Crippen MR) is 79.5 cm³/mol. The van der Waals surface area contributed by atoms with E-state index in [0.29, 0.717) is 12.5 Å². The lowest BCUT2D eigenvalue weighted by Gasteiger charge is -2.20. The van der Waals surface area contributed by atoms with E-state index in [9.17, 15) is 0 Å². The lowest BCUT2D eigenvalue weighted by Crippen LogP contribution is -2.35. The first-order valence-corrected chi connectivity index (χ1v) is 7.26. The Labute approximate surface area is 118 Å². The van der Waals surface area contributed by atoms with Gasteiger partial charge in [0, 0.05) is 29.2 Å². The van der Waals surface area contributed by atoms with E-state index in [4.69, 9.17) is 4.74 Å². The van der Waals surface area contributed by atoms with Crippen LogP contribution in [0.4, 0.5) is 0 Å². The van der Waals surface area contributed by atoms with Gasteiger partial charge in [-0.2, -0.15) is 0 Å². The van der Waals surface area contributed by atoms with Crippen molar-refractivity contribution in [3.05, 3.63) is 46.3 Å². The van der Waals surface area contributed by atoms with E-state index in [0.717, 1.165) is 6.54 Å². The van der Waals surface area contributed by atoms with E-state index < -0.39 is 0 Å². The summed E-state index contributed by atoms with van der Waals surface area (Å²) in [6.07, 6.45) is 1.86. The minimum absolute atomic E-state index is 0.119. The molecule has 0 spiro atoms. The van der Waals surface area contributed by atoms with Gasteiger partial charge in [-0.15, -0.1) is 11.3 Å². The molecule has 0 aliphatic rings. The lowest BCUT2D eigenvalue weighted by atomic mass is 10.1. The maximum absolute atomic E-state index is 5.63. The molecule has 0 fully saturated rings. The highest BCUT2D eigenvalue weighted by Gasteiger charge is 2.08. The number of thiophene rings is 1.